The highest BCUT2D eigenvalue weighted by Gasteiger charge is 2.39. The van der Waals surface area contributed by atoms with Crippen molar-refractivity contribution in [1.82, 2.24) is 25.2 Å². The summed E-state index contributed by atoms with van der Waals surface area (Å²) in [6, 6.07) is 4.74. The SMILES string of the molecule is CC(C)CC(O)c1cn(-c2ccc3c(c2)C(=O)N(C2CCC(=O)NC2=O)C3)nn1. The van der Waals surface area contributed by atoms with Crippen LogP contribution in [-0.2, 0) is 16.1 Å². The molecule has 29 heavy (non-hydrogen) atoms. The van der Waals surface area contributed by atoms with Gasteiger partial charge in [-0.2, -0.15) is 0 Å². The molecule has 0 radical (unpaired) electrons. The molecule has 0 saturated carbocycles. The standard InChI is InChI=1S/C20H23N5O4/c1-11(2)7-17(26)15-10-25(23-22-15)13-4-3-12-9-24(20(29)14(12)8-13)16-5-6-18(27)21-19(16)28/h3-4,8,10-11,16-17,26H,5-7,9H2,1-2H3,(H,21,27,28). The Labute approximate surface area is 167 Å². The van der Waals surface area contributed by atoms with Crippen LogP contribution >= 0.6 is 0 Å². The normalized spacial score (nSPS) is 20.2. The fourth-order valence-corrected chi connectivity index (χ4v) is 3.81. The van der Waals surface area contributed by atoms with E-state index in [1.807, 2.05) is 26.0 Å². The second-order valence-corrected chi connectivity index (χ2v) is 7.97. The number of carbonyl (C=O) groups is 3. The van der Waals surface area contributed by atoms with Gasteiger partial charge in [-0.15, -0.1) is 5.10 Å². The molecule has 0 bridgehead atoms. The molecule has 2 atom stereocenters. The average Bonchev–Trinajstić information content (AvgIpc) is 3.27. The smallest absolute Gasteiger partial charge is 0.255 e. The quantitative estimate of drug-likeness (QED) is 0.730. The molecular formula is C20H23N5O4. The summed E-state index contributed by atoms with van der Waals surface area (Å²) in [6.45, 7) is 4.37. The zero-order valence-electron chi connectivity index (χ0n) is 16.3. The number of aliphatic hydroxyl groups is 1. The topological polar surface area (TPSA) is 117 Å². The summed E-state index contributed by atoms with van der Waals surface area (Å²) in [5, 5.41) is 20.7. The van der Waals surface area contributed by atoms with Crippen molar-refractivity contribution in [1.29, 1.82) is 0 Å². The third-order valence-corrected chi connectivity index (χ3v) is 5.32. The number of piperidine rings is 1. The monoisotopic (exact) mass is 397 g/mol. The molecule has 2 aliphatic rings. The van der Waals surface area contributed by atoms with Gasteiger partial charge in [0.25, 0.3) is 5.91 Å². The maximum atomic E-state index is 12.9. The van der Waals surface area contributed by atoms with E-state index in [-0.39, 0.29) is 18.2 Å². The van der Waals surface area contributed by atoms with Crippen LogP contribution in [0, 0.1) is 5.92 Å². The Hall–Kier alpha value is -3.07. The number of aliphatic hydroxyl groups excluding tert-OH is 1. The highest BCUT2D eigenvalue weighted by atomic mass is 16.3. The van der Waals surface area contributed by atoms with Crippen molar-refractivity contribution in [2.75, 3.05) is 0 Å². The minimum Gasteiger partial charge on any atom is -0.387 e. The van der Waals surface area contributed by atoms with Crippen LogP contribution in [0.3, 0.4) is 0 Å². The minimum absolute atomic E-state index is 0.224. The predicted molar refractivity (Wildman–Crippen MR) is 102 cm³/mol. The Bertz CT molecular complexity index is 983. The van der Waals surface area contributed by atoms with Crippen LogP contribution in [0.25, 0.3) is 5.69 Å². The van der Waals surface area contributed by atoms with Gasteiger partial charge in [0, 0.05) is 18.5 Å². The number of rotatable bonds is 5. The third kappa shape index (κ3) is 3.65. The predicted octanol–water partition coefficient (Wildman–Crippen LogP) is 1.11. The van der Waals surface area contributed by atoms with Crippen LogP contribution in [0.2, 0.25) is 0 Å². The Morgan fingerprint density at radius 2 is 2.07 bits per heavy atom. The summed E-state index contributed by atoms with van der Waals surface area (Å²) < 4.78 is 1.53. The van der Waals surface area contributed by atoms with Crippen LogP contribution in [0.4, 0.5) is 0 Å². The lowest BCUT2D eigenvalue weighted by atomic mass is 10.0. The summed E-state index contributed by atoms with van der Waals surface area (Å²) in [5.41, 5.74) is 2.46. The Morgan fingerprint density at radius 3 is 2.79 bits per heavy atom. The summed E-state index contributed by atoms with van der Waals surface area (Å²) >= 11 is 0. The summed E-state index contributed by atoms with van der Waals surface area (Å²) in [6.07, 6.45) is 2.11. The second kappa shape index (κ2) is 7.40. The first kappa shape index (κ1) is 19.3. The van der Waals surface area contributed by atoms with Gasteiger partial charge in [0.2, 0.25) is 11.8 Å². The number of nitrogens with zero attached hydrogens (tertiary/aromatic N) is 4. The van der Waals surface area contributed by atoms with Crippen LogP contribution < -0.4 is 5.32 Å². The van der Waals surface area contributed by atoms with Gasteiger partial charge >= 0.3 is 0 Å². The maximum Gasteiger partial charge on any atom is 0.255 e. The summed E-state index contributed by atoms with van der Waals surface area (Å²) in [5.74, 6) is -0.649. The summed E-state index contributed by atoms with van der Waals surface area (Å²) in [7, 11) is 0. The third-order valence-electron chi connectivity index (χ3n) is 5.32. The molecule has 1 fully saturated rings. The van der Waals surface area contributed by atoms with Crippen molar-refractivity contribution in [3.63, 3.8) is 0 Å². The van der Waals surface area contributed by atoms with Crippen molar-refractivity contribution in [2.24, 2.45) is 5.92 Å². The number of fused-ring (bicyclic) bond motifs is 1. The van der Waals surface area contributed by atoms with E-state index in [1.165, 1.54) is 9.58 Å². The highest BCUT2D eigenvalue weighted by Crippen LogP contribution is 2.29. The molecule has 152 valence electrons. The molecule has 4 rings (SSSR count). The molecule has 0 aliphatic carbocycles. The van der Waals surface area contributed by atoms with Gasteiger partial charge in [0.05, 0.1) is 18.0 Å². The first-order valence-electron chi connectivity index (χ1n) is 9.71. The zero-order valence-corrected chi connectivity index (χ0v) is 16.3. The molecule has 1 saturated heterocycles. The first-order chi connectivity index (χ1) is 13.8. The molecular weight excluding hydrogens is 374 g/mol. The number of hydrogen-bond acceptors (Lipinski definition) is 6. The van der Waals surface area contributed by atoms with E-state index in [0.29, 0.717) is 42.2 Å². The fourth-order valence-electron chi connectivity index (χ4n) is 3.81. The van der Waals surface area contributed by atoms with Gasteiger partial charge < -0.3 is 10.0 Å². The molecule has 2 aromatic rings. The van der Waals surface area contributed by atoms with Gasteiger partial charge in [-0.05, 0) is 36.5 Å². The Morgan fingerprint density at radius 1 is 1.28 bits per heavy atom. The van der Waals surface area contributed by atoms with Gasteiger partial charge in [-0.3, -0.25) is 19.7 Å². The number of nitrogens with one attached hydrogen (secondary N) is 1. The summed E-state index contributed by atoms with van der Waals surface area (Å²) in [4.78, 5) is 37.9. The van der Waals surface area contributed by atoms with Crippen LogP contribution in [0.1, 0.15) is 60.8 Å². The number of carbonyl (C=O) groups excluding carboxylic acids is 3. The maximum absolute atomic E-state index is 12.9. The lowest BCUT2D eigenvalue weighted by molar-refractivity contribution is -0.136. The van der Waals surface area contributed by atoms with Gasteiger partial charge in [0.1, 0.15) is 11.7 Å². The largest absolute Gasteiger partial charge is 0.387 e. The highest BCUT2D eigenvalue weighted by molar-refractivity contribution is 6.05. The molecule has 3 heterocycles. The fraction of sp³-hybridized carbons (Fsp3) is 0.450. The van der Waals surface area contributed by atoms with E-state index < -0.39 is 18.1 Å². The zero-order chi connectivity index (χ0) is 20.7. The van der Waals surface area contributed by atoms with Gasteiger partial charge in [-0.25, -0.2) is 4.68 Å². The number of aromatic nitrogens is 3. The van der Waals surface area contributed by atoms with E-state index in [2.05, 4.69) is 15.6 Å². The van der Waals surface area contributed by atoms with E-state index in [4.69, 9.17) is 0 Å². The molecule has 9 nitrogen and oxygen atoms in total. The van der Waals surface area contributed by atoms with Crippen molar-refractivity contribution in [3.05, 3.63) is 41.2 Å². The number of imide groups is 1. The van der Waals surface area contributed by atoms with Crippen LogP contribution in [-0.4, -0.2) is 48.8 Å². The number of amides is 3. The van der Waals surface area contributed by atoms with E-state index in [0.717, 1.165) is 5.56 Å². The minimum atomic E-state index is -0.692. The Kier molecular flexibility index (Phi) is 4.91. The van der Waals surface area contributed by atoms with Crippen LogP contribution in [0.5, 0.6) is 0 Å². The van der Waals surface area contributed by atoms with E-state index >= 15 is 0 Å². The molecule has 2 aliphatic heterocycles. The first-order valence-corrected chi connectivity index (χ1v) is 9.71. The average molecular weight is 397 g/mol. The van der Waals surface area contributed by atoms with E-state index in [1.54, 1.807) is 12.3 Å². The lowest BCUT2D eigenvalue weighted by Gasteiger charge is -2.29. The Balaban J connectivity index is 1.55. The molecule has 1 aromatic carbocycles. The van der Waals surface area contributed by atoms with Crippen molar-refractivity contribution in [2.45, 2.75) is 51.8 Å². The molecule has 0 spiro atoms. The molecule has 1 aromatic heterocycles. The molecule has 9 heteroatoms. The second-order valence-electron chi connectivity index (χ2n) is 7.97. The number of benzene rings is 1. The number of hydrogen-bond donors (Lipinski definition) is 2. The van der Waals surface area contributed by atoms with Crippen molar-refractivity contribution < 1.29 is 19.5 Å². The van der Waals surface area contributed by atoms with Gasteiger partial charge in [0.15, 0.2) is 0 Å². The van der Waals surface area contributed by atoms with Crippen molar-refractivity contribution in [3.8, 4) is 5.69 Å². The molecule has 3 amide bonds. The van der Waals surface area contributed by atoms with Gasteiger partial charge in [-0.1, -0.05) is 25.1 Å². The molecule has 2 N–H and O–H groups in total. The van der Waals surface area contributed by atoms with E-state index in [9.17, 15) is 19.5 Å². The van der Waals surface area contributed by atoms with Crippen molar-refractivity contribution >= 4 is 17.7 Å². The lowest BCUT2D eigenvalue weighted by Crippen LogP contribution is -2.52. The van der Waals surface area contributed by atoms with Crippen LogP contribution in [0.15, 0.2) is 24.4 Å². The molecule has 2 unspecified atom stereocenters.